The molecule has 1 saturated heterocycles. The van der Waals surface area contributed by atoms with Gasteiger partial charge in [0, 0.05) is 18.8 Å². The lowest BCUT2D eigenvalue weighted by atomic mass is 10.2. The van der Waals surface area contributed by atoms with Crippen molar-refractivity contribution in [1.29, 1.82) is 0 Å². The third kappa shape index (κ3) is 4.58. The van der Waals surface area contributed by atoms with Gasteiger partial charge in [0.15, 0.2) is 5.13 Å². The predicted molar refractivity (Wildman–Crippen MR) is 122 cm³/mol. The fourth-order valence-electron chi connectivity index (χ4n) is 3.24. The number of benzene rings is 2. The Bertz CT molecular complexity index is 1100. The van der Waals surface area contributed by atoms with Crippen molar-refractivity contribution < 1.29 is 14.4 Å². The molecule has 1 atom stereocenters. The number of urea groups is 2. The summed E-state index contributed by atoms with van der Waals surface area (Å²) >= 11 is 1.56. The summed E-state index contributed by atoms with van der Waals surface area (Å²) in [5, 5.41) is 12.1. The van der Waals surface area contributed by atoms with Gasteiger partial charge in [0.05, 0.1) is 15.9 Å². The number of amides is 5. The van der Waals surface area contributed by atoms with Crippen molar-refractivity contribution in [3.63, 3.8) is 0 Å². The Morgan fingerprint density at radius 2 is 2.00 bits per heavy atom. The summed E-state index contributed by atoms with van der Waals surface area (Å²) in [6.45, 7) is 2.75. The maximum absolute atomic E-state index is 12.4. The quantitative estimate of drug-likeness (QED) is 0.333. The summed E-state index contributed by atoms with van der Waals surface area (Å²) in [6, 6.07) is 13.1. The fourth-order valence-corrected chi connectivity index (χ4v) is 4.14. The highest BCUT2D eigenvalue weighted by Gasteiger charge is 2.37. The molecule has 1 aromatic heterocycles. The number of nitrogens with zero attached hydrogens (tertiary/aromatic N) is 2. The van der Waals surface area contributed by atoms with Gasteiger partial charge in [0.1, 0.15) is 6.04 Å². The molecule has 9 nitrogen and oxygen atoms in total. The van der Waals surface area contributed by atoms with Gasteiger partial charge in [-0.05, 0) is 36.8 Å². The molecule has 160 valence electrons. The predicted octanol–water partition coefficient (Wildman–Crippen LogP) is 3.36. The van der Waals surface area contributed by atoms with Gasteiger partial charge >= 0.3 is 12.1 Å². The van der Waals surface area contributed by atoms with Crippen molar-refractivity contribution >= 4 is 56.0 Å². The smallest absolute Gasteiger partial charge is 0.329 e. The van der Waals surface area contributed by atoms with Crippen LogP contribution >= 0.6 is 11.3 Å². The molecule has 1 fully saturated rings. The highest BCUT2D eigenvalue weighted by molar-refractivity contribution is 7.22. The summed E-state index contributed by atoms with van der Waals surface area (Å²) < 4.78 is 1.10. The van der Waals surface area contributed by atoms with Crippen LogP contribution in [0.5, 0.6) is 0 Å². The standard InChI is InChI=1S/C21H22N6O3S/c1-2-15-18(28)27(21(30)26-15)14-7-5-6-13(12-14)24-19(29)22-10-11-23-20-25-16-8-3-4-9-17(16)31-20/h3-9,12,15H,2,10-11H2,1H3,(H,23,25)(H,26,30)(H2,22,24,29). The first-order chi connectivity index (χ1) is 15.0. The van der Waals surface area contributed by atoms with E-state index in [2.05, 4.69) is 26.3 Å². The minimum absolute atomic E-state index is 0.296. The molecule has 0 radical (unpaired) electrons. The number of carbonyl (C=O) groups is 3. The highest BCUT2D eigenvalue weighted by atomic mass is 32.1. The van der Waals surface area contributed by atoms with Crippen LogP contribution in [0, 0.1) is 0 Å². The normalized spacial score (nSPS) is 15.8. The summed E-state index contributed by atoms with van der Waals surface area (Å²) in [5.74, 6) is -0.296. The Morgan fingerprint density at radius 1 is 1.16 bits per heavy atom. The molecule has 0 saturated carbocycles. The number of rotatable bonds is 7. The molecule has 1 aliphatic heterocycles. The van der Waals surface area contributed by atoms with Crippen molar-refractivity contribution in [3.05, 3.63) is 48.5 Å². The third-order valence-electron chi connectivity index (χ3n) is 4.77. The molecule has 0 aliphatic carbocycles. The van der Waals surface area contributed by atoms with E-state index in [4.69, 9.17) is 0 Å². The number of nitrogens with one attached hydrogen (secondary N) is 4. The van der Waals surface area contributed by atoms with Gasteiger partial charge in [-0.2, -0.15) is 0 Å². The molecular weight excluding hydrogens is 416 g/mol. The average molecular weight is 439 g/mol. The molecule has 2 aromatic carbocycles. The fraction of sp³-hybridized carbons (Fsp3) is 0.238. The van der Waals surface area contributed by atoms with Crippen molar-refractivity contribution in [2.24, 2.45) is 0 Å². The Labute approximate surface area is 182 Å². The molecule has 1 aliphatic rings. The highest BCUT2D eigenvalue weighted by Crippen LogP contribution is 2.25. The molecule has 3 aromatic rings. The van der Waals surface area contributed by atoms with Crippen molar-refractivity contribution in [2.75, 3.05) is 28.6 Å². The van der Waals surface area contributed by atoms with Gasteiger partial charge in [-0.25, -0.2) is 19.5 Å². The number of hydrogen-bond acceptors (Lipinski definition) is 6. The monoisotopic (exact) mass is 438 g/mol. The van der Waals surface area contributed by atoms with E-state index in [-0.39, 0.29) is 11.9 Å². The van der Waals surface area contributed by atoms with Gasteiger partial charge in [-0.15, -0.1) is 0 Å². The number of carbonyl (C=O) groups excluding carboxylic acids is 3. The van der Waals surface area contributed by atoms with E-state index in [9.17, 15) is 14.4 Å². The topological polar surface area (TPSA) is 115 Å². The Kier molecular flexibility index (Phi) is 5.99. The summed E-state index contributed by atoms with van der Waals surface area (Å²) in [6.07, 6.45) is 0.520. The third-order valence-corrected chi connectivity index (χ3v) is 5.76. The van der Waals surface area contributed by atoms with Gasteiger partial charge in [0.2, 0.25) is 0 Å². The molecule has 4 rings (SSSR count). The van der Waals surface area contributed by atoms with Gasteiger partial charge < -0.3 is 21.3 Å². The van der Waals surface area contributed by atoms with Crippen LogP contribution in [0.4, 0.5) is 26.1 Å². The van der Waals surface area contributed by atoms with Crippen molar-refractivity contribution in [3.8, 4) is 0 Å². The Hall–Kier alpha value is -3.66. The summed E-state index contributed by atoms with van der Waals surface area (Å²) in [5.41, 5.74) is 1.83. The molecule has 2 heterocycles. The van der Waals surface area contributed by atoms with E-state index in [1.54, 1.807) is 35.6 Å². The second-order valence-electron chi connectivity index (χ2n) is 6.93. The van der Waals surface area contributed by atoms with Crippen LogP contribution < -0.4 is 26.2 Å². The van der Waals surface area contributed by atoms with Crippen LogP contribution in [0.25, 0.3) is 10.2 Å². The molecular formula is C21H22N6O3S. The number of aromatic nitrogens is 1. The molecule has 31 heavy (non-hydrogen) atoms. The SMILES string of the molecule is CCC1NC(=O)N(c2cccc(NC(=O)NCCNc3nc4ccccc4s3)c2)C1=O. The minimum atomic E-state index is -0.518. The lowest BCUT2D eigenvalue weighted by Gasteiger charge is -2.14. The number of thiazole rings is 1. The zero-order chi connectivity index (χ0) is 21.8. The zero-order valence-electron chi connectivity index (χ0n) is 16.8. The van der Waals surface area contributed by atoms with E-state index in [0.717, 1.165) is 20.2 Å². The molecule has 0 bridgehead atoms. The minimum Gasteiger partial charge on any atom is -0.360 e. The number of anilines is 3. The van der Waals surface area contributed by atoms with Crippen LogP contribution in [0.2, 0.25) is 0 Å². The first kappa shape index (κ1) is 20.6. The van der Waals surface area contributed by atoms with Crippen molar-refractivity contribution in [1.82, 2.24) is 15.6 Å². The lowest BCUT2D eigenvalue weighted by molar-refractivity contribution is -0.118. The molecule has 5 amide bonds. The second-order valence-corrected chi connectivity index (χ2v) is 7.96. The van der Waals surface area contributed by atoms with E-state index >= 15 is 0 Å². The number of imide groups is 1. The van der Waals surface area contributed by atoms with E-state index in [1.807, 2.05) is 31.2 Å². The van der Waals surface area contributed by atoms with E-state index in [1.165, 1.54) is 0 Å². The molecule has 10 heteroatoms. The van der Waals surface area contributed by atoms with E-state index < -0.39 is 12.1 Å². The van der Waals surface area contributed by atoms with Gasteiger partial charge in [-0.1, -0.05) is 36.5 Å². The lowest BCUT2D eigenvalue weighted by Crippen LogP contribution is -2.33. The molecule has 1 unspecified atom stereocenters. The summed E-state index contributed by atoms with van der Waals surface area (Å²) in [4.78, 5) is 42.3. The van der Waals surface area contributed by atoms with Gasteiger partial charge in [-0.3, -0.25) is 4.79 Å². The van der Waals surface area contributed by atoms with Crippen LogP contribution in [0.1, 0.15) is 13.3 Å². The van der Waals surface area contributed by atoms with E-state index in [0.29, 0.717) is 30.9 Å². The van der Waals surface area contributed by atoms with Crippen LogP contribution in [0.3, 0.4) is 0 Å². The first-order valence-corrected chi connectivity index (χ1v) is 10.8. The molecule has 4 N–H and O–H groups in total. The summed E-state index contributed by atoms with van der Waals surface area (Å²) in [7, 11) is 0. The largest absolute Gasteiger partial charge is 0.360 e. The zero-order valence-corrected chi connectivity index (χ0v) is 17.7. The Balaban J connectivity index is 1.28. The maximum Gasteiger partial charge on any atom is 0.329 e. The van der Waals surface area contributed by atoms with Crippen LogP contribution in [-0.4, -0.2) is 42.1 Å². The van der Waals surface area contributed by atoms with Gasteiger partial charge in [0.25, 0.3) is 5.91 Å². The second kappa shape index (κ2) is 9.00. The number of hydrogen-bond donors (Lipinski definition) is 4. The first-order valence-electron chi connectivity index (χ1n) is 9.94. The number of fused-ring (bicyclic) bond motifs is 1. The van der Waals surface area contributed by atoms with Crippen LogP contribution in [-0.2, 0) is 4.79 Å². The average Bonchev–Trinajstić information content (AvgIpc) is 3.30. The van der Waals surface area contributed by atoms with Crippen LogP contribution in [0.15, 0.2) is 48.5 Å². The number of para-hydroxylation sites is 1. The molecule has 0 spiro atoms. The van der Waals surface area contributed by atoms with Crippen molar-refractivity contribution in [2.45, 2.75) is 19.4 Å². The maximum atomic E-state index is 12.4. The Morgan fingerprint density at radius 3 is 2.77 bits per heavy atom.